The maximum atomic E-state index is 5.95. The topological polar surface area (TPSA) is 41.3 Å². The SMILES string of the molecule is Nc1ccccc1CNCc1ccc(CN2CCCC2)cc1. The monoisotopic (exact) mass is 295 g/mol. The van der Waals surface area contributed by atoms with E-state index in [1.54, 1.807) is 0 Å². The third-order valence-electron chi connectivity index (χ3n) is 4.33. The third kappa shape index (κ3) is 4.09. The van der Waals surface area contributed by atoms with E-state index in [1.165, 1.54) is 37.1 Å². The van der Waals surface area contributed by atoms with Crippen LogP contribution >= 0.6 is 0 Å². The van der Waals surface area contributed by atoms with E-state index < -0.39 is 0 Å². The molecule has 0 spiro atoms. The molecule has 3 rings (SSSR count). The van der Waals surface area contributed by atoms with Crippen molar-refractivity contribution in [1.29, 1.82) is 0 Å². The molecule has 2 aromatic rings. The quantitative estimate of drug-likeness (QED) is 0.804. The highest BCUT2D eigenvalue weighted by atomic mass is 15.1. The maximum Gasteiger partial charge on any atom is 0.0359 e. The zero-order valence-electron chi connectivity index (χ0n) is 13.1. The van der Waals surface area contributed by atoms with Gasteiger partial charge in [-0.3, -0.25) is 4.90 Å². The number of rotatable bonds is 6. The average Bonchev–Trinajstić information content (AvgIpc) is 3.04. The first kappa shape index (κ1) is 15.1. The van der Waals surface area contributed by atoms with Crippen LogP contribution in [0.25, 0.3) is 0 Å². The highest BCUT2D eigenvalue weighted by molar-refractivity contribution is 5.46. The molecule has 0 saturated carbocycles. The lowest BCUT2D eigenvalue weighted by atomic mass is 10.1. The van der Waals surface area contributed by atoms with Crippen LogP contribution in [0.2, 0.25) is 0 Å². The van der Waals surface area contributed by atoms with Crippen LogP contribution in [-0.4, -0.2) is 18.0 Å². The van der Waals surface area contributed by atoms with Crippen LogP contribution in [0, 0.1) is 0 Å². The third-order valence-corrected chi connectivity index (χ3v) is 4.33. The first-order valence-electron chi connectivity index (χ1n) is 8.15. The second kappa shape index (κ2) is 7.43. The summed E-state index contributed by atoms with van der Waals surface area (Å²) in [5, 5.41) is 3.46. The van der Waals surface area contributed by atoms with Crippen molar-refractivity contribution in [2.75, 3.05) is 18.8 Å². The predicted molar refractivity (Wildman–Crippen MR) is 92.4 cm³/mol. The average molecular weight is 295 g/mol. The molecule has 1 aliphatic rings. The lowest BCUT2D eigenvalue weighted by molar-refractivity contribution is 0.331. The van der Waals surface area contributed by atoms with E-state index in [4.69, 9.17) is 5.73 Å². The molecule has 2 aromatic carbocycles. The van der Waals surface area contributed by atoms with Gasteiger partial charge >= 0.3 is 0 Å². The van der Waals surface area contributed by atoms with E-state index in [-0.39, 0.29) is 0 Å². The number of benzene rings is 2. The van der Waals surface area contributed by atoms with Crippen molar-refractivity contribution >= 4 is 5.69 Å². The highest BCUT2D eigenvalue weighted by Crippen LogP contribution is 2.14. The summed E-state index contributed by atoms with van der Waals surface area (Å²) < 4.78 is 0. The van der Waals surface area contributed by atoms with Crippen LogP contribution in [-0.2, 0) is 19.6 Å². The molecule has 0 amide bonds. The number of hydrogen-bond acceptors (Lipinski definition) is 3. The maximum absolute atomic E-state index is 5.95. The molecule has 3 heteroatoms. The van der Waals surface area contributed by atoms with Crippen LogP contribution in [0.15, 0.2) is 48.5 Å². The summed E-state index contributed by atoms with van der Waals surface area (Å²) in [7, 11) is 0. The fourth-order valence-corrected chi connectivity index (χ4v) is 3.00. The molecule has 1 heterocycles. The van der Waals surface area contributed by atoms with E-state index in [9.17, 15) is 0 Å². The molecule has 0 atom stereocenters. The molecule has 1 aliphatic heterocycles. The largest absolute Gasteiger partial charge is 0.398 e. The second-order valence-electron chi connectivity index (χ2n) is 6.10. The van der Waals surface area contributed by atoms with E-state index >= 15 is 0 Å². The summed E-state index contributed by atoms with van der Waals surface area (Å²) in [6.45, 7) is 5.28. The van der Waals surface area contributed by atoms with Gasteiger partial charge in [-0.2, -0.15) is 0 Å². The zero-order valence-corrected chi connectivity index (χ0v) is 13.1. The molecule has 3 N–H and O–H groups in total. The molecular formula is C19H25N3. The normalized spacial score (nSPS) is 15.3. The van der Waals surface area contributed by atoms with E-state index in [2.05, 4.69) is 40.5 Å². The molecule has 116 valence electrons. The number of anilines is 1. The van der Waals surface area contributed by atoms with Gasteiger partial charge in [0.25, 0.3) is 0 Å². The Labute approximate surface area is 133 Å². The Morgan fingerprint density at radius 3 is 2.27 bits per heavy atom. The minimum absolute atomic E-state index is 0.808. The molecule has 1 saturated heterocycles. The lowest BCUT2D eigenvalue weighted by Gasteiger charge is -2.14. The van der Waals surface area contributed by atoms with Gasteiger partial charge in [-0.1, -0.05) is 42.5 Å². The van der Waals surface area contributed by atoms with E-state index in [1.807, 2.05) is 18.2 Å². The van der Waals surface area contributed by atoms with Gasteiger partial charge in [0.1, 0.15) is 0 Å². The standard InChI is InChI=1S/C19H25N3/c20-19-6-2-1-5-18(19)14-21-13-16-7-9-17(10-8-16)15-22-11-3-4-12-22/h1-2,5-10,21H,3-4,11-15,20H2. The lowest BCUT2D eigenvalue weighted by Crippen LogP contribution is -2.18. The van der Waals surface area contributed by atoms with Crippen molar-refractivity contribution in [1.82, 2.24) is 10.2 Å². The molecular weight excluding hydrogens is 270 g/mol. The highest BCUT2D eigenvalue weighted by Gasteiger charge is 2.11. The fraction of sp³-hybridized carbons (Fsp3) is 0.368. The van der Waals surface area contributed by atoms with Gasteiger partial charge in [-0.25, -0.2) is 0 Å². The molecule has 0 aliphatic carbocycles. The molecule has 22 heavy (non-hydrogen) atoms. The first-order valence-corrected chi connectivity index (χ1v) is 8.15. The Morgan fingerprint density at radius 1 is 0.864 bits per heavy atom. The van der Waals surface area contributed by atoms with Gasteiger partial charge in [0.2, 0.25) is 0 Å². The van der Waals surface area contributed by atoms with Gasteiger partial charge in [0, 0.05) is 25.3 Å². The molecule has 0 unspecified atom stereocenters. The van der Waals surface area contributed by atoms with E-state index in [0.29, 0.717) is 0 Å². The van der Waals surface area contributed by atoms with Crippen LogP contribution in [0.5, 0.6) is 0 Å². The number of likely N-dealkylation sites (tertiary alicyclic amines) is 1. The number of nitrogens with zero attached hydrogens (tertiary/aromatic N) is 1. The first-order chi connectivity index (χ1) is 10.8. The molecule has 0 bridgehead atoms. The molecule has 0 radical (unpaired) electrons. The summed E-state index contributed by atoms with van der Waals surface area (Å²) in [5.74, 6) is 0. The summed E-state index contributed by atoms with van der Waals surface area (Å²) in [6.07, 6.45) is 2.70. The van der Waals surface area contributed by atoms with Gasteiger partial charge in [-0.15, -0.1) is 0 Å². The second-order valence-corrected chi connectivity index (χ2v) is 6.10. The summed E-state index contributed by atoms with van der Waals surface area (Å²) in [6, 6.07) is 17.0. The van der Waals surface area contributed by atoms with Crippen molar-refractivity contribution in [2.24, 2.45) is 0 Å². The van der Waals surface area contributed by atoms with E-state index in [0.717, 1.165) is 30.9 Å². The van der Waals surface area contributed by atoms with Crippen LogP contribution in [0.3, 0.4) is 0 Å². The number of nitrogens with two attached hydrogens (primary N) is 1. The summed E-state index contributed by atoms with van der Waals surface area (Å²) in [5.41, 5.74) is 10.7. The number of nitrogens with one attached hydrogen (secondary N) is 1. The van der Waals surface area contributed by atoms with Crippen molar-refractivity contribution < 1.29 is 0 Å². The Bertz CT molecular complexity index is 586. The van der Waals surface area contributed by atoms with Gasteiger partial charge in [-0.05, 0) is 48.7 Å². The predicted octanol–water partition coefficient (Wildman–Crippen LogP) is 3.15. The fourth-order valence-electron chi connectivity index (χ4n) is 3.00. The van der Waals surface area contributed by atoms with Crippen LogP contribution in [0.4, 0.5) is 5.69 Å². The molecule has 1 fully saturated rings. The Kier molecular flexibility index (Phi) is 5.09. The Morgan fingerprint density at radius 2 is 1.55 bits per heavy atom. The summed E-state index contributed by atoms with van der Waals surface area (Å²) >= 11 is 0. The van der Waals surface area contributed by atoms with Gasteiger partial charge in [0.05, 0.1) is 0 Å². The minimum atomic E-state index is 0.808. The van der Waals surface area contributed by atoms with Crippen molar-refractivity contribution in [3.05, 3.63) is 65.2 Å². The number of para-hydroxylation sites is 1. The zero-order chi connectivity index (χ0) is 15.2. The summed E-state index contributed by atoms with van der Waals surface area (Å²) in [4.78, 5) is 2.53. The Hall–Kier alpha value is -1.84. The molecule has 0 aromatic heterocycles. The van der Waals surface area contributed by atoms with Crippen molar-refractivity contribution in [3.63, 3.8) is 0 Å². The van der Waals surface area contributed by atoms with Crippen LogP contribution in [0.1, 0.15) is 29.5 Å². The molecule has 3 nitrogen and oxygen atoms in total. The van der Waals surface area contributed by atoms with Crippen molar-refractivity contribution in [2.45, 2.75) is 32.5 Å². The van der Waals surface area contributed by atoms with Gasteiger partial charge < -0.3 is 11.1 Å². The van der Waals surface area contributed by atoms with Crippen LogP contribution < -0.4 is 11.1 Å². The van der Waals surface area contributed by atoms with Crippen molar-refractivity contribution in [3.8, 4) is 0 Å². The minimum Gasteiger partial charge on any atom is -0.398 e. The van der Waals surface area contributed by atoms with Gasteiger partial charge in [0.15, 0.2) is 0 Å². The smallest absolute Gasteiger partial charge is 0.0359 e. The Balaban J connectivity index is 1.47. The number of nitrogen functional groups attached to an aromatic ring is 1. The number of hydrogen-bond donors (Lipinski definition) is 2.